The maximum absolute atomic E-state index is 12.0. The van der Waals surface area contributed by atoms with Crippen molar-refractivity contribution in [3.63, 3.8) is 0 Å². The lowest BCUT2D eigenvalue weighted by Gasteiger charge is -2.19. The summed E-state index contributed by atoms with van der Waals surface area (Å²) in [6.07, 6.45) is 1.07. The van der Waals surface area contributed by atoms with Gasteiger partial charge in [-0.25, -0.2) is 0 Å². The fraction of sp³-hybridized carbons (Fsp3) is 0.500. The number of carbonyl (C=O) groups excluding carboxylic acids is 1. The molecule has 0 saturated heterocycles. The number of fused-ring (bicyclic) bond motifs is 1. The van der Waals surface area contributed by atoms with Crippen LogP contribution in [-0.4, -0.2) is 32.1 Å². The van der Waals surface area contributed by atoms with E-state index >= 15 is 0 Å². The zero-order chi connectivity index (χ0) is 13.1. The fourth-order valence-electron chi connectivity index (χ4n) is 2.04. The molecule has 1 heterocycles. The molecule has 0 saturated carbocycles. The SMILES string of the molecule is CC(C)NCC(=O)N(C)c1ccc2c(c1)NCC2. The van der Waals surface area contributed by atoms with Crippen LogP contribution in [0, 0.1) is 0 Å². The Hall–Kier alpha value is -1.55. The lowest BCUT2D eigenvalue weighted by Crippen LogP contribution is -2.38. The molecule has 0 bridgehead atoms. The molecule has 0 spiro atoms. The Bertz CT molecular complexity index is 443. The number of anilines is 2. The van der Waals surface area contributed by atoms with Crippen molar-refractivity contribution in [1.82, 2.24) is 5.32 Å². The summed E-state index contributed by atoms with van der Waals surface area (Å²) in [5, 5.41) is 6.47. The second kappa shape index (κ2) is 5.40. The molecule has 98 valence electrons. The Labute approximate surface area is 108 Å². The molecule has 0 radical (unpaired) electrons. The van der Waals surface area contributed by atoms with E-state index in [1.54, 1.807) is 4.90 Å². The summed E-state index contributed by atoms with van der Waals surface area (Å²) >= 11 is 0. The van der Waals surface area contributed by atoms with Gasteiger partial charge in [0.05, 0.1) is 6.54 Å². The van der Waals surface area contributed by atoms with Crippen molar-refractivity contribution in [3.8, 4) is 0 Å². The number of nitrogens with one attached hydrogen (secondary N) is 2. The number of hydrogen-bond donors (Lipinski definition) is 2. The van der Waals surface area contributed by atoms with Crippen molar-refractivity contribution >= 4 is 17.3 Å². The molecule has 0 fully saturated rings. The second-order valence-electron chi connectivity index (χ2n) is 5.01. The van der Waals surface area contributed by atoms with Gasteiger partial charge in [0.1, 0.15) is 0 Å². The van der Waals surface area contributed by atoms with Crippen molar-refractivity contribution in [2.24, 2.45) is 0 Å². The average Bonchev–Trinajstić information content (AvgIpc) is 2.81. The number of rotatable bonds is 4. The second-order valence-corrected chi connectivity index (χ2v) is 5.01. The molecule has 1 aromatic carbocycles. The predicted molar refractivity (Wildman–Crippen MR) is 75.2 cm³/mol. The van der Waals surface area contributed by atoms with Crippen LogP contribution >= 0.6 is 0 Å². The van der Waals surface area contributed by atoms with Crippen LogP contribution in [0.4, 0.5) is 11.4 Å². The third kappa shape index (κ3) is 2.82. The van der Waals surface area contributed by atoms with Gasteiger partial charge in [-0.05, 0) is 24.1 Å². The van der Waals surface area contributed by atoms with Gasteiger partial charge >= 0.3 is 0 Å². The summed E-state index contributed by atoms with van der Waals surface area (Å²) in [5.74, 6) is 0.0849. The van der Waals surface area contributed by atoms with Crippen molar-refractivity contribution in [2.45, 2.75) is 26.3 Å². The van der Waals surface area contributed by atoms with Crippen LogP contribution in [0.15, 0.2) is 18.2 Å². The predicted octanol–water partition coefficient (Wildman–Crippen LogP) is 1.62. The van der Waals surface area contributed by atoms with Gasteiger partial charge in [-0.15, -0.1) is 0 Å². The third-order valence-electron chi connectivity index (χ3n) is 3.23. The molecule has 4 nitrogen and oxygen atoms in total. The maximum atomic E-state index is 12.0. The van der Waals surface area contributed by atoms with Crippen LogP contribution in [0.25, 0.3) is 0 Å². The summed E-state index contributed by atoms with van der Waals surface area (Å²) in [7, 11) is 1.82. The Morgan fingerprint density at radius 1 is 1.50 bits per heavy atom. The van der Waals surface area contributed by atoms with E-state index < -0.39 is 0 Å². The minimum Gasteiger partial charge on any atom is -0.384 e. The van der Waals surface area contributed by atoms with Gasteiger partial charge in [0.2, 0.25) is 5.91 Å². The molecule has 1 amide bonds. The Balaban J connectivity index is 2.04. The third-order valence-corrected chi connectivity index (χ3v) is 3.23. The maximum Gasteiger partial charge on any atom is 0.240 e. The van der Waals surface area contributed by atoms with Crippen molar-refractivity contribution in [2.75, 3.05) is 30.4 Å². The van der Waals surface area contributed by atoms with E-state index in [1.807, 2.05) is 27.0 Å². The van der Waals surface area contributed by atoms with Crippen LogP contribution in [0.1, 0.15) is 19.4 Å². The van der Waals surface area contributed by atoms with Gasteiger partial charge in [0, 0.05) is 31.0 Å². The molecule has 2 rings (SSSR count). The van der Waals surface area contributed by atoms with E-state index in [0.29, 0.717) is 12.6 Å². The molecule has 0 aliphatic carbocycles. The van der Waals surface area contributed by atoms with Crippen molar-refractivity contribution in [3.05, 3.63) is 23.8 Å². The molecule has 4 heteroatoms. The summed E-state index contributed by atoms with van der Waals surface area (Å²) in [4.78, 5) is 13.7. The molecule has 1 aliphatic rings. The standard InChI is InChI=1S/C14H21N3O/c1-10(2)16-9-14(18)17(3)12-5-4-11-6-7-15-13(11)8-12/h4-5,8,10,15-16H,6-7,9H2,1-3H3. The summed E-state index contributed by atoms with van der Waals surface area (Å²) in [5.41, 5.74) is 3.43. The van der Waals surface area contributed by atoms with Crippen molar-refractivity contribution < 1.29 is 4.79 Å². The zero-order valence-electron chi connectivity index (χ0n) is 11.3. The average molecular weight is 247 g/mol. The molecule has 18 heavy (non-hydrogen) atoms. The lowest BCUT2D eigenvalue weighted by molar-refractivity contribution is -0.117. The smallest absolute Gasteiger partial charge is 0.240 e. The van der Waals surface area contributed by atoms with Gasteiger partial charge in [0.15, 0.2) is 0 Å². The molecule has 1 aromatic rings. The van der Waals surface area contributed by atoms with Gasteiger partial charge in [-0.1, -0.05) is 19.9 Å². The van der Waals surface area contributed by atoms with Crippen LogP contribution < -0.4 is 15.5 Å². The van der Waals surface area contributed by atoms with Crippen LogP contribution in [0.3, 0.4) is 0 Å². The summed E-state index contributed by atoms with van der Waals surface area (Å²) in [6.45, 7) is 5.43. The number of carbonyl (C=O) groups is 1. The Morgan fingerprint density at radius 3 is 3.00 bits per heavy atom. The number of amides is 1. The highest BCUT2D eigenvalue weighted by Gasteiger charge is 2.15. The van der Waals surface area contributed by atoms with Gasteiger partial charge in [-0.2, -0.15) is 0 Å². The topological polar surface area (TPSA) is 44.4 Å². The highest BCUT2D eigenvalue weighted by atomic mass is 16.2. The monoisotopic (exact) mass is 247 g/mol. The quantitative estimate of drug-likeness (QED) is 0.849. The first-order chi connectivity index (χ1) is 8.58. The molecule has 2 N–H and O–H groups in total. The van der Waals surface area contributed by atoms with E-state index in [0.717, 1.165) is 24.3 Å². The number of hydrogen-bond acceptors (Lipinski definition) is 3. The highest BCUT2D eigenvalue weighted by molar-refractivity contribution is 5.94. The molecular formula is C14H21N3O. The van der Waals surface area contributed by atoms with E-state index in [1.165, 1.54) is 5.56 Å². The normalized spacial score (nSPS) is 13.3. The van der Waals surface area contributed by atoms with Crippen LogP contribution in [0.5, 0.6) is 0 Å². The molecular weight excluding hydrogens is 226 g/mol. The van der Waals surface area contributed by atoms with Crippen molar-refractivity contribution in [1.29, 1.82) is 0 Å². The number of likely N-dealkylation sites (N-methyl/N-ethyl adjacent to an activating group) is 1. The highest BCUT2D eigenvalue weighted by Crippen LogP contribution is 2.27. The van der Waals surface area contributed by atoms with E-state index in [-0.39, 0.29) is 5.91 Å². The Morgan fingerprint density at radius 2 is 2.28 bits per heavy atom. The van der Waals surface area contributed by atoms with E-state index in [9.17, 15) is 4.79 Å². The zero-order valence-corrected chi connectivity index (χ0v) is 11.3. The van der Waals surface area contributed by atoms with Gasteiger partial charge in [0.25, 0.3) is 0 Å². The van der Waals surface area contributed by atoms with Gasteiger partial charge in [-0.3, -0.25) is 4.79 Å². The van der Waals surface area contributed by atoms with E-state index in [2.05, 4.69) is 22.8 Å². The van der Waals surface area contributed by atoms with Gasteiger partial charge < -0.3 is 15.5 Å². The molecule has 0 atom stereocenters. The fourth-order valence-corrected chi connectivity index (χ4v) is 2.04. The first-order valence-electron chi connectivity index (χ1n) is 6.44. The van der Waals surface area contributed by atoms with E-state index in [4.69, 9.17) is 0 Å². The first-order valence-corrected chi connectivity index (χ1v) is 6.44. The molecule has 0 unspecified atom stereocenters. The Kier molecular flexibility index (Phi) is 3.87. The summed E-state index contributed by atoms with van der Waals surface area (Å²) < 4.78 is 0. The summed E-state index contributed by atoms with van der Waals surface area (Å²) in [6, 6.07) is 6.49. The van der Waals surface area contributed by atoms with Crippen LogP contribution in [-0.2, 0) is 11.2 Å². The molecule has 1 aliphatic heterocycles. The first kappa shape index (κ1) is 12.9. The minimum atomic E-state index is 0.0849. The molecule has 0 aromatic heterocycles. The van der Waals surface area contributed by atoms with Crippen LogP contribution in [0.2, 0.25) is 0 Å². The largest absolute Gasteiger partial charge is 0.384 e. The number of benzene rings is 1. The lowest BCUT2D eigenvalue weighted by atomic mass is 10.1. The minimum absolute atomic E-state index is 0.0849. The number of nitrogens with zero attached hydrogens (tertiary/aromatic N) is 1.